The third-order valence-electron chi connectivity index (χ3n) is 1.92. The van der Waals surface area contributed by atoms with Crippen molar-refractivity contribution in [3.8, 4) is 11.3 Å². The van der Waals surface area contributed by atoms with Crippen molar-refractivity contribution in [2.45, 2.75) is 0 Å². The van der Waals surface area contributed by atoms with Crippen LogP contribution in [0.2, 0.25) is 5.02 Å². The molecule has 0 saturated heterocycles. The predicted molar refractivity (Wildman–Crippen MR) is 53.9 cm³/mol. The Morgan fingerprint density at radius 2 is 2.07 bits per heavy atom. The van der Waals surface area contributed by atoms with E-state index in [4.69, 9.17) is 16.0 Å². The number of hydrogen-bond donors (Lipinski definition) is 0. The lowest BCUT2D eigenvalue weighted by Gasteiger charge is -2.01. The van der Waals surface area contributed by atoms with E-state index in [1.807, 2.05) is 0 Å². The summed E-state index contributed by atoms with van der Waals surface area (Å²) in [4.78, 5) is 10.3. The van der Waals surface area contributed by atoms with Gasteiger partial charge < -0.3 is 4.42 Å². The fourth-order valence-electron chi connectivity index (χ4n) is 1.26. The Morgan fingerprint density at radius 1 is 1.27 bits per heavy atom. The first-order valence-corrected chi connectivity index (χ1v) is 4.52. The molecule has 15 heavy (non-hydrogen) atoms. The van der Waals surface area contributed by atoms with Gasteiger partial charge in [-0.25, -0.2) is 4.39 Å². The number of halogens is 2. The quantitative estimate of drug-likeness (QED) is 0.783. The van der Waals surface area contributed by atoms with E-state index in [9.17, 15) is 9.18 Å². The Bertz CT molecular complexity index is 485. The van der Waals surface area contributed by atoms with Crippen LogP contribution in [0.4, 0.5) is 4.39 Å². The van der Waals surface area contributed by atoms with E-state index in [0.29, 0.717) is 0 Å². The molecule has 75 valence electrons. The minimum atomic E-state index is -0.491. The molecule has 4 heteroatoms. The van der Waals surface area contributed by atoms with Crippen LogP contribution in [0.3, 0.4) is 0 Å². The van der Waals surface area contributed by atoms with Crippen LogP contribution in [0.5, 0.6) is 0 Å². The summed E-state index contributed by atoms with van der Waals surface area (Å²) in [5.41, 5.74) is 0.153. The Morgan fingerprint density at radius 3 is 2.67 bits per heavy atom. The second kappa shape index (κ2) is 3.87. The molecule has 2 nitrogen and oxygen atoms in total. The molecule has 2 rings (SSSR count). The average molecular weight is 224 g/mol. The van der Waals surface area contributed by atoms with Gasteiger partial charge in [-0.3, -0.25) is 4.79 Å². The van der Waals surface area contributed by atoms with Crippen molar-refractivity contribution in [1.82, 2.24) is 0 Å². The Kier molecular flexibility index (Phi) is 2.56. The fraction of sp³-hybridized carbons (Fsp3) is 0. The first-order chi connectivity index (χ1) is 7.22. The SMILES string of the molecule is O=[C]c1ccc(-c2c(F)cccc2Cl)o1. The summed E-state index contributed by atoms with van der Waals surface area (Å²) >= 11 is 5.82. The van der Waals surface area contributed by atoms with Crippen LogP contribution < -0.4 is 0 Å². The molecule has 0 amide bonds. The summed E-state index contributed by atoms with van der Waals surface area (Å²) in [5.74, 6) is -0.255. The van der Waals surface area contributed by atoms with Gasteiger partial charge in [-0.2, -0.15) is 0 Å². The first kappa shape index (κ1) is 9.93. The first-order valence-electron chi connectivity index (χ1n) is 4.15. The largest absolute Gasteiger partial charge is 0.452 e. The molecule has 2 aromatic rings. The van der Waals surface area contributed by atoms with E-state index in [0.717, 1.165) is 0 Å². The summed E-state index contributed by atoms with van der Waals surface area (Å²) in [6.07, 6.45) is 1.57. The molecule has 1 aromatic heterocycles. The van der Waals surface area contributed by atoms with Gasteiger partial charge in [0.15, 0.2) is 5.76 Å². The molecule has 1 aromatic carbocycles. The van der Waals surface area contributed by atoms with Crippen molar-refractivity contribution in [3.05, 3.63) is 46.9 Å². The highest BCUT2D eigenvalue weighted by molar-refractivity contribution is 6.33. The molecule has 0 atom stereocenters. The maximum absolute atomic E-state index is 13.4. The summed E-state index contributed by atoms with van der Waals surface area (Å²) in [6.45, 7) is 0. The molecule has 0 unspecified atom stereocenters. The van der Waals surface area contributed by atoms with Crippen LogP contribution in [0, 0.1) is 5.82 Å². The van der Waals surface area contributed by atoms with Crippen molar-refractivity contribution < 1.29 is 13.6 Å². The van der Waals surface area contributed by atoms with Crippen molar-refractivity contribution >= 4 is 17.9 Å². The molecule has 0 N–H and O–H groups in total. The summed E-state index contributed by atoms with van der Waals surface area (Å²) in [7, 11) is 0. The minimum absolute atomic E-state index is 0.0179. The minimum Gasteiger partial charge on any atom is -0.452 e. The maximum Gasteiger partial charge on any atom is 0.271 e. The van der Waals surface area contributed by atoms with Gasteiger partial charge >= 0.3 is 0 Å². The molecule has 1 heterocycles. The lowest BCUT2D eigenvalue weighted by Crippen LogP contribution is -1.83. The van der Waals surface area contributed by atoms with Gasteiger partial charge in [-0.1, -0.05) is 17.7 Å². The monoisotopic (exact) mass is 223 g/mol. The molecule has 1 radical (unpaired) electrons. The third kappa shape index (κ3) is 1.78. The van der Waals surface area contributed by atoms with Gasteiger partial charge in [0.25, 0.3) is 6.29 Å². The molecular weight excluding hydrogens is 219 g/mol. The number of hydrogen-bond acceptors (Lipinski definition) is 2. The van der Waals surface area contributed by atoms with Crippen molar-refractivity contribution in [2.75, 3.05) is 0 Å². The van der Waals surface area contributed by atoms with E-state index in [-0.39, 0.29) is 22.1 Å². The molecule has 0 aliphatic carbocycles. The van der Waals surface area contributed by atoms with Gasteiger partial charge in [-0.05, 0) is 24.3 Å². The van der Waals surface area contributed by atoms with Gasteiger partial charge in [0.1, 0.15) is 11.6 Å². The zero-order valence-corrected chi connectivity index (χ0v) is 8.22. The average Bonchev–Trinajstić information content (AvgIpc) is 2.66. The second-order valence-electron chi connectivity index (χ2n) is 2.86. The van der Waals surface area contributed by atoms with Gasteiger partial charge in [-0.15, -0.1) is 0 Å². The van der Waals surface area contributed by atoms with Gasteiger partial charge in [0, 0.05) is 0 Å². The molecule has 0 bridgehead atoms. The van der Waals surface area contributed by atoms with Crippen LogP contribution >= 0.6 is 11.6 Å². The van der Waals surface area contributed by atoms with Crippen LogP contribution in [0.15, 0.2) is 34.7 Å². The van der Waals surface area contributed by atoms with Gasteiger partial charge in [0.05, 0.1) is 10.6 Å². The summed E-state index contributed by atoms with van der Waals surface area (Å²) in [5, 5.41) is 0.238. The number of carbonyl (C=O) groups excluding carboxylic acids is 1. The maximum atomic E-state index is 13.4. The summed E-state index contributed by atoms with van der Waals surface area (Å²) < 4.78 is 18.4. The molecule has 0 spiro atoms. The Balaban J connectivity index is 2.58. The van der Waals surface area contributed by atoms with Crippen LogP contribution in [0.1, 0.15) is 5.76 Å². The molecule has 0 fully saturated rings. The van der Waals surface area contributed by atoms with E-state index >= 15 is 0 Å². The fourth-order valence-corrected chi connectivity index (χ4v) is 1.52. The summed E-state index contributed by atoms with van der Waals surface area (Å²) in [6, 6.07) is 7.20. The van der Waals surface area contributed by atoms with Crippen molar-refractivity contribution in [1.29, 1.82) is 0 Å². The second-order valence-corrected chi connectivity index (χ2v) is 3.27. The van der Waals surface area contributed by atoms with E-state index < -0.39 is 5.82 Å². The van der Waals surface area contributed by atoms with Gasteiger partial charge in [0.2, 0.25) is 0 Å². The van der Waals surface area contributed by atoms with Crippen molar-refractivity contribution in [3.63, 3.8) is 0 Å². The number of furan rings is 1. The molecular formula is C11H5ClFO2. The van der Waals surface area contributed by atoms with E-state index in [2.05, 4.69) is 0 Å². The topological polar surface area (TPSA) is 30.2 Å². The third-order valence-corrected chi connectivity index (χ3v) is 2.23. The Labute approximate surface area is 90.3 Å². The highest BCUT2D eigenvalue weighted by Gasteiger charge is 2.13. The highest BCUT2D eigenvalue weighted by Crippen LogP contribution is 2.31. The lowest BCUT2D eigenvalue weighted by atomic mass is 10.1. The highest BCUT2D eigenvalue weighted by atomic mass is 35.5. The van der Waals surface area contributed by atoms with Crippen LogP contribution in [0.25, 0.3) is 11.3 Å². The normalized spacial score (nSPS) is 10.3. The molecule has 0 aliphatic rings. The molecule has 0 saturated carbocycles. The lowest BCUT2D eigenvalue weighted by molar-refractivity contribution is 0.522. The Hall–Kier alpha value is -1.61. The zero-order chi connectivity index (χ0) is 10.8. The number of benzene rings is 1. The zero-order valence-electron chi connectivity index (χ0n) is 7.46. The predicted octanol–water partition coefficient (Wildman–Crippen LogP) is 3.20. The van der Waals surface area contributed by atoms with E-state index in [1.54, 1.807) is 12.4 Å². The van der Waals surface area contributed by atoms with Crippen LogP contribution in [-0.4, -0.2) is 6.29 Å². The van der Waals surface area contributed by atoms with Crippen LogP contribution in [-0.2, 0) is 4.79 Å². The van der Waals surface area contributed by atoms with E-state index in [1.165, 1.54) is 24.3 Å². The smallest absolute Gasteiger partial charge is 0.271 e. The molecule has 0 aliphatic heterocycles. The standard InChI is InChI=1S/C11H5ClFO2/c12-8-2-1-3-9(13)11(8)10-5-4-7(6-14)15-10/h1-5H. The number of rotatable bonds is 2. The van der Waals surface area contributed by atoms with Crippen molar-refractivity contribution in [2.24, 2.45) is 0 Å².